The fourth-order valence-corrected chi connectivity index (χ4v) is 1.85. The first-order chi connectivity index (χ1) is 6.44. The molecular formula is C10H20ClNO3. The maximum atomic E-state index is 11.4. The maximum absolute atomic E-state index is 11.4. The number of nitrogens with two attached hydrogens (primary N) is 1. The van der Waals surface area contributed by atoms with Gasteiger partial charge in [0.1, 0.15) is 0 Å². The highest BCUT2D eigenvalue weighted by molar-refractivity contribution is 5.85. The van der Waals surface area contributed by atoms with Crippen molar-refractivity contribution in [2.24, 2.45) is 5.73 Å². The Hall–Kier alpha value is -0.320. The summed E-state index contributed by atoms with van der Waals surface area (Å²) in [4.78, 5) is 11.4. The van der Waals surface area contributed by atoms with Crippen LogP contribution in [0.4, 0.5) is 0 Å². The van der Waals surface area contributed by atoms with Gasteiger partial charge in [0, 0.05) is 6.04 Å². The monoisotopic (exact) mass is 237 g/mol. The standard InChI is InChI=1S/C10H19NO3.ClH/c1-4-13-9(12)8-5-7(11)6-10(2,3)14-8;/h7-8H,4-6,11H2,1-3H3;1H. The molecule has 90 valence electrons. The van der Waals surface area contributed by atoms with E-state index in [4.69, 9.17) is 15.2 Å². The van der Waals surface area contributed by atoms with E-state index >= 15 is 0 Å². The second-order valence-electron chi connectivity index (χ2n) is 4.32. The van der Waals surface area contributed by atoms with E-state index in [0.717, 1.165) is 6.42 Å². The molecule has 0 aliphatic carbocycles. The number of carbonyl (C=O) groups is 1. The molecule has 5 heteroatoms. The zero-order valence-corrected chi connectivity index (χ0v) is 10.3. The van der Waals surface area contributed by atoms with Gasteiger partial charge in [0.05, 0.1) is 12.2 Å². The molecule has 0 radical (unpaired) electrons. The van der Waals surface area contributed by atoms with Gasteiger partial charge < -0.3 is 15.2 Å². The summed E-state index contributed by atoms with van der Waals surface area (Å²) in [5.74, 6) is -0.296. The maximum Gasteiger partial charge on any atom is 0.335 e. The van der Waals surface area contributed by atoms with Crippen molar-refractivity contribution in [3.8, 4) is 0 Å². The van der Waals surface area contributed by atoms with Gasteiger partial charge in [-0.15, -0.1) is 12.4 Å². The minimum absolute atomic E-state index is 0. The fraction of sp³-hybridized carbons (Fsp3) is 0.900. The van der Waals surface area contributed by atoms with Gasteiger partial charge >= 0.3 is 5.97 Å². The van der Waals surface area contributed by atoms with E-state index in [-0.39, 0.29) is 30.0 Å². The second-order valence-corrected chi connectivity index (χ2v) is 4.32. The normalized spacial score (nSPS) is 29.1. The number of carbonyl (C=O) groups excluding carboxylic acids is 1. The Morgan fingerprint density at radius 1 is 1.60 bits per heavy atom. The van der Waals surface area contributed by atoms with E-state index in [1.165, 1.54) is 0 Å². The summed E-state index contributed by atoms with van der Waals surface area (Å²) in [5, 5.41) is 0. The molecule has 0 spiro atoms. The van der Waals surface area contributed by atoms with Crippen LogP contribution in [0.15, 0.2) is 0 Å². The van der Waals surface area contributed by atoms with E-state index in [1.807, 2.05) is 13.8 Å². The minimum Gasteiger partial charge on any atom is -0.464 e. The van der Waals surface area contributed by atoms with Crippen LogP contribution < -0.4 is 5.73 Å². The van der Waals surface area contributed by atoms with Crippen LogP contribution in [0.2, 0.25) is 0 Å². The predicted octanol–water partition coefficient (Wildman–Crippen LogP) is 1.26. The van der Waals surface area contributed by atoms with Gasteiger partial charge in [-0.2, -0.15) is 0 Å². The minimum atomic E-state index is -0.492. The van der Waals surface area contributed by atoms with E-state index in [0.29, 0.717) is 13.0 Å². The number of hydrogen-bond acceptors (Lipinski definition) is 4. The molecule has 2 unspecified atom stereocenters. The number of hydrogen-bond donors (Lipinski definition) is 1. The molecule has 1 rings (SSSR count). The topological polar surface area (TPSA) is 61.5 Å². The van der Waals surface area contributed by atoms with Crippen molar-refractivity contribution in [3.63, 3.8) is 0 Å². The summed E-state index contributed by atoms with van der Waals surface area (Å²) in [6, 6.07) is 0.0214. The number of ether oxygens (including phenoxy) is 2. The van der Waals surface area contributed by atoms with Crippen molar-refractivity contribution in [1.82, 2.24) is 0 Å². The Morgan fingerprint density at radius 2 is 2.20 bits per heavy atom. The lowest BCUT2D eigenvalue weighted by Gasteiger charge is -2.37. The van der Waals surface area contributed by atoms with Crippen molar-refractivity contribution in [1.29, 1.82) is 0 Å². The molecule has 1 fully saturated rings. The summed E-state index contributed by atoms with van der Waals surface area (Å²) in [6.07, 6.45) is 0.847. The third-order valence-electron chi connectivity index (χ3n) is 2.28. The molecule has 2 N–H and O–H groups in total. The molecule has 0 aromatic rings. The van der Waals surface area contributed by atoms with E-state index in [9.17, 15) is 4.79 Å². The Balaban J connectivity index is 0.00000196. The summed E-state index contributed by atoms with van der Waals surface area (Å²) in [7, 11) is 0. The predicted molar refractivity (Wildman–Crippen MR) is 60.0 cm³/mol. The zero-order valence-electron chi connectivity index (χ0n) is 9.49. The molecule has 2 atom stereocenters. The third-order valence-corrected chi connectivity index (χ3v) is 2.28. The van der Waals surface area contributed by atoms with Crippen molar-refractivity contribution in [2.45, 2.75) is 51.4 Å². The van der Waals surface area contributed by atoms with Gasteiger partial charge in [0.15, 0.2) is 6.10 Å². The first kappa shape index (κ1) is 14.7. The molecule has 1 aliphatic heterocycles. The largest absolute Gasteiger partial charge is 0.464 e. The van der Waals surface area contributed by atoms with E-state index < -0.39 is 6.10 Å². The molecule has 15 heavy (non-hydrogen) atoms. The van der Waals surface area contributed by atoms with Crippen LogP contribution in [0, 0.1) is 0 Å². The van der Waals surface area contributed by atoms with Crippen LogP contribution in [0.5, 0.6) is 0 Å². The first-order valence-corrected chi connectivity index (χ1v) is 5.04. The molecule has 1 heterocycles. The summed E-state index contributed by atoms with van der Waals surface area (Å²) < 4.78 is 10.5. The highest BCUT2D eigenvalue weighted by Crippen LogP contribution is 2.27. The number of rotatable bonds is 2. The number of esters is 1. The lowest BCUT2D eigenvalue weighted by molar-refractivity contribution is -0.176. The second kappa shape index (κ2) is 5.68. The lowest BCUT2D eigenvalue weighted by Crippen LogP contribution is -2.48. The summed E-state index contributed by atoms with van der Waals surface area (Å²) in [5.41, 5.74) is 5.52. The molecule has 1 aliphatic rings. The van der Waals surface area contributed by atoms with Gasteiger partial charge in [-0.25, -0.2) is 4.79 Å². The average molecular weight is 238 g/mol. The molecule has 0 saturated carbocycles. The Morgan fingerprint density at radius 3 is 2.67 bits per heavy atom. The van der Waals surface area contributed by atoms with Gasteiger partial charge in [-0.05, 0) is 33.6 Å². The Bertz CT molecular complexity index is 221. The summed E-state index contributed by atoms with van der Waals surface area (Å²) >= 11 is 0. The number of halogens is 1. The molecule has 0 bridgehead atoms. The molecule has 0 aromatic carbocycles. The third kappa shape index (κ3) is 4.36. The zero-order chi connectivity index (χ0) is 10.8. The van der Waals surface area contributed by atoms with E-state index in [2.05, 4.69) is 0 Å². The van der Waals surface area contributed by atoms with Crippen LogP contribution in [-0.2, 0) is 14.3 Å². The van der Waals surface area contributed by atoms with Gasteiger partial charge in [0.25, 0.3) is 0 Å². The van der Waals surface area contributed by atoms with Crippen LogP contribution in [0.3, 0.4) is 0 Å². The smallest absolute Gasteiger partial charge is 0.335 e. The highest BCUT2D eigenvalue weighted by Gasteiger charge is 2.37. The van der Waals surface area contributed by atoms with Crippen LogP contribution in [0.25, 0.3) is 0 Å². The van der Waals surface area contributed by atoms with Crippen molar-refractivity contribution in [3.05, 3.63) is 0 Å². The average Bonchev–Trinajstić information content (AvgIpc) is 2.00. The van der Waals surface area contributed by atoms with Gasteiger partial charge in [0.2, 0.25) is 0 Å². The fourth-order valence-electron chi connectivity index (χ4n) is 1.85. The summed E-state index contributed by atoms with van der Waals surface area (Å²) in [6.45, 7) is 6.05. The van der Waals surface area contributed by atoms with Crippen LogP contribution in [-0.4, -0.2) is 30.3 Å². The molecule has 1 saturated heterocycles. The van der Waals surface area contributed by atoms with Crippen LogP contribution in [0.1, 0.15) is 33.6 Å². The Kier molecular flexibility index (Phi) is 5.56. The van der Waals surface area contributed by atoms with Crippen molar-refractivity contribution < 1.29 is 14.3 Å². The van der Waals surface area contributed by atoms with Gasteiger partial charge in [-0.1, -0.05) is 0 Å². The van der Waals surface area contributed by atoms with Crippen LogP contribution >= 0.6 is 12.4 Å². The SMILES string of the molecule is CCOC(=O)C1CC(N)CC(C)(C)O1.Cl. The highest BCUT2D eigenvalue weighted by atomic mass is 35.5. The molecular weight excluding hydrogens is 218 g/mol. The Labute approximate surface area is 96.9 Å². The first-order valence-electron chi connectivity index (χ1n) is 5.04. The van der Waals surface area contributed by atoms with Crippen molar-refractivity contribution in [2.75, 3.05) is 6.61 Å². The molecule has 0 aromatic heterocycles. The quantitative estimate of drug-likeness (QED) is 0.735. The molecule has 0 amide bonds. The van der Waals surface area contributed by atoms with Gasteiger partial charge in [-0.3, -0.25) is 0 Å². The molecule has 4 nitrogen and oxygen atoms in total. The van der Waals surface area contributed by atoms with Crippen molar-refractivity contribution >= 4 is 18.4 Å². The van der Waals surface area contributed by atoms with E-state index in [1.54, 1.807) is 6.92 Å². The lowest BCUT2D eigenvalue weighted by atomic mass is 9.91.